The van der Waals surface area contributed by atoms with E-state index in [1.807, 2.05) is 19.1 Å². The highest BCUT2D eigenvalue weighted by Gasteiger charge is 2.02. The molecular weight excluding hydrogens is 263 g/mol. The fraction of sp³-hybridized carbons (Fsp3) is 0.222. The minimum atomic E-state index is 0.493. The highest BCUT2D eigenvalue weighted by atomic mass is 127. The van der Waals surface area contributed by atoms with Crippen LogP contribution in [0.1, 0.15) is 16.7 Å². The van der Waals surface area contributed by atoms with Crippen LogP contribution in [0.2, 0.25) is 0 Å². The molecule has 1 aromatic rings. The van der Waals surface area contributed by atoms with Crippen LogP contribution in [-0.4, -0.2) is 0 Å². The number of nitrogens with zero attached hydrogens (tertiary/aromatic N) is 1. The van der Waals surface area contributed by atoms with Gasteiger partial charge >= 0.3 is 0 Å². The van der Waals surface area contributed by atoms with Crippen LogP contribution in [0.3, 0.4) is 0 Å². The molecule has 1 aromatic carbocycles. The van der Waals surface area contributed by atoms with Crippen LogP contribution in [0.5, 0.6) is 0 Å². The third-order valence-electron chi connectivity index (χ3n) is 1.73. The monoisotopic (exact) mass is 272 g/mol. The molecule has 0 radical (unpaired) electrons. The standard InChI is InChI=1S/C9H9IN2/c1-6-2-9(10)8(5-12)3-7(6)4-11/h2-3H,5,12H2,1H3. The first kappa shape index (κ1) is 9.49. The van der Waals surface area contributed by atoms with E-state index in [0.29, 0.717) is 6.54 Å². The van der Waals surface area contributed by atoms with E-state index in [0.717, 1.165) is 20.3 Å². The Hall–Kier alpha value is -0.600. The van der Waals surface area contributed by atoms with E-state index in [4.69, 9.17) is 11.0 Å². The van der Waals surface area contributed by atoms with Crippen molar-refractivity contribution in [2.24, 2.45) is 5.73 Å². The van der Waals surface area contributed by atoms with E-state index < -0.39 is 0 Å². The van der Waals surface area contributed by atoms with Gasteiger partial charge in [0, 0.05) is 10.1 Å². The molecule has 0 bridgehead atoms. The van der Waals surface area contributed by atoms with Gasteiger partial charge in [0.25, 0.3) is 0 Å². The molecule has 0 aromatic heterocycles. The quantitative estimate of drug-likeness (QED) is 0.794. The van der Waals surface area contributed by atoms with Crippen LogP contribution >= 0.6 is 22.6 Å². The van der Waals surface area contributed by atoms with E-state index in [1.165, 1.54) is 0 Å². The minimum absolute atomic E-state index is 0.493. The SMILES string of the molecule is Cc1cc(I)c(CN)cc1C#N. The first-order valence-electron chi connectivity index (χ1n) is 3.58. The van der Waals surface area contributed by atoms with Gasteiger partial charge in [0.05, 0.1) is 11.6 Å². The van der Waals surface area contributed by atoms with Gasteiger partial charge in [-0.1, -0.05) is 0 Å². The number of aryl methyl sites for hydroxylation is 1. The Morgan fingerprint density at radius 3 is 2.75 bits per heavy atom. The summed E-state index contributed by atoms with van der Waals surface area (Å²) in [6, 6.07) is 5.98. The second-order valence-electron chi connectivity index (χ2n) is 2.57. The number of rotatable bonds is 1. The molecule has 0 heterocycles. The summed E-state index contributed by atoms with van der Waals surface area (Å²) in [5.74, 6) is 0. The molecule has 0 aliphatic heterocycles. The minimum Gasteiger partial charge on any atom is -0.326 e. The van der Waals surface area contributed by atoms with Gasteiger partial charge in [-0.05, 0) is 52.8 Å². The van der Waals surface area contributed by atoms with E-state index in [2.05, 4.69) is 28.7 Å². The molecule has 0 saturated heterocycles. The Balaban J connectivity index is 3.30. The predicted molar refractivity (Wildman–Crippen MR) is 56.5 cm³/mol. The van der Waals surface area contributed by atoms with Crippen molar-refractivity contribution < 1.29 is 0 Å². The Morgan fingerprint density at radius 2 is 2.25 bits per heavy atom. The van der Waals surface area contributed by atoms with Gasteiger partial charge in [0.1, 0.15) is 0 Å². The van der Waals surface area contributed by atoms with Gasteiger partial charge in [-0.2, -0.15) is 5.26 Å². The van der Waals surface area contributed by atoms with Crippen LogP contribution in [0.25, 0.3) is 0 Å². The molecule has 0 aliphatic carbocycles. The van der Waals surface area contributed by atoms with Crippen molar-refractivity contribution in [3.63, 3.8) is 0 Å². The maximum Gasteiger partial charge on any atom is 0.0994 e. The maximum absolute atomic E-state index is 8.74. The summed E-state index contributed by atoms with van der Waals surface area (Å²) in [7, 11) is 0. The van der Waals surface area contributed by atoms with E-state index in [-0.39, 0.29) is 0 Å². The van der Waals surface area contributed by atoms with E-state index >= 15 is 0 Å². The molecule has 0 saturated carbocycles. The number of hydrogen-bond acceptors (Lipinski definition) is 2. The van der Waals surface area contributed by atoms with Gasteiger partial charge in [-0.3, -0.25) is 0 Å². The lowest BCUT2D eigenvalue weighted by Gasteiger charge is -2.03. The van der Waals surface area contributed by atoms with Crippen LogP contribution in [-0.2, 0) is 6.54 Å². The molecule has 0 unspecified atom stereocenters. The number of halogens is 1. The zero-order chi connectivity index (χ0) is 9.14. The van der Waals surface area contributed by atoms with Crippen molar-refractivity contribution in [1.29, 1.82) is 5.26 Å². The molecule has 12 heavy (non-hydrogen) atoms. The summed E-state index contributed by atoms with van der Waals surface area (Å²) in [6.45, 7) is 2.42. The zero-order valence-corrected chi connectivity index (χ0v) is 8.92. The van der Waals surface area contributed by atoms with Crippen LogP contribution in [0.15, 0.2) is 12.1 Å². The highest BCUT2D eigenvalue weighted by molar-refractivity contribution is 14.1. The summed E-state index contributed by atoms with van der Waals surface area (Å²) in [5.41, 5.74) is 8.28. The molecule has 0 atom stereocenters. The Labute approximate surface area is 85.5 Å². The first-order valence-corrected chi connectivity index (χ1v) is 4.66. The largest absolute Gasteiger partial charge is 0.326 e. The predicted octanol–water partition coefficient (Wildman–Crippen LogP) is 1.93. The molecule has 0 aliphatic rings. The summed E-state index contributed by atoms with van der Waals surface area (Å²) in [4.78, 5) is 0. The van der Waals surface area contributed by atoms with Crippen LogP contribution < -0.4 is 5.73 Å². The number of nitrogens with two attached hydrogens (primary N) is 1. The third-order valence-corrected chi connectivity index (χ3v) is 2.74. The van der Waals surface area contributed by atoms with Crippen molar-refractivity contribution in [3.05, 3.63) is 32.4 Å². The number of benzene rings is 1. The number of hydrogen-bond donors (Lipinski definition) is 1. The average Bonchev–Trinajstić information content (AvgIpc) is 2.05. The molecule has 0 spiro atoms. The van der Waals surface area contributed by atoms with Gasteiger partial charge in [-0.25, -0.2) is 0 Å². The van der Waals surface area contributed by atoms with Gasteiger partial charge in [0.2, 0.25) is 0 Å². The highest BCUT2D eigenvalue weighted by Crippen LogP contribution is 2.17. The van der Waals surface area contributed by atoms with E-state index in [1.54, 1.807) is 0 Å². The lowest BCUT2D eigenvalue weighted by Crippen LogP contribution is -2.00. The smallest absolute Gasteiger partial charge is 0.0994 e. The topological polar surface area (TPSA) is 49.8 Å². The van der Waals surface area contributed by atoms with Crippen molar-refractivity contribution in [3.8, 4) is 6.07 Å². The van der Waals surface area contributed by atoms with Crippen molar-refractivity contribution in [2.45, 2.75) is 13.5 Å². The van der Waals surface area contributed by atoms with Gasteiger partial charge in [-0.15, -0.1) is 0 Å². The Bertz CT molecular complexity index is 339. The summed E-state index contributed by atoms with van der Waals surface area (Å²) in [6.07, 6.45) is 0. The van der Waals surface area contributed by atoms with Crippen LogP contribution in [0, 0.1) is 21.8 Å². The van der Waals surface area contributed by atoms with Crippen LogP contribution in [0.4, 0.5) is 0 Å². The third kappa shape index (κ3) is 1.76. The van der Waals surface area contributed by atoms with Crippen molar-refractivity contribution in [1.82, 2.24) is 0 Å². The molecule has 62 valence electrons. The molecule has 1 rings (SSSR count). The fourth-order valence-electron chi connectivity index (χ4n) is 0.994. The van der Waals surface area contributed by atoms with Crippen molar-refractivity contribution in [2.75, 3.05) is 0 Å². The maximum atomic E-state index is 8.74. The molecule has 2 N–H and O–H groups in total. The molecule has 0 fully saturated rings. The summed E-state index contributed by atoms with van der Waals surface area (Å²) >= 11 is 2.23. The molecule has 2 nitrogen and oxygen atoms in total. The molecule has 3 heteroatoms. The second-order valence-corrected chi connectivity index (χ2v) is 3.74. The van der Waals surface area contributed by atoms with Crippen molar-refractivity contribution >= 4 is 22.6 Å². The van der Waals surface area contributed by atoms with Gasteiger partial charge < -0.3 is 5.73 Å². The Morgan fingerprint density at radius 1 is 1.58 bits per heavy atom. The summed E-state index contributed by atoms with van der Waals surface area (Å²) < 4.78 is 1.13. The lowest BCUT2D eigenvalue weighted by atomic mass is 10.1. The second kappa shape index (κ2) is 3.87. The molecular formula is C9H9IN2. The zero-order valence-electron chi connectivity index (χ0n) is 6.76. The van der Waals surface area contributed by atoms with E-state index in [9.17, 15) is 0 Å². The van der Waals surface area contributed by atoms with Gasteiger partial charge in [0.15, 0.2) is 0 Å². The lowest BCUT2D eigenvalue weighted by molar-refractivity contribution is 1.05. The Kier molecular flexibility index (Phi) is 3.06. The average molecular weight is 272 g/mol. The normalized spacial score (nSPS) is 9.50. The first-order chi connectivity index (χ1) is 5.69. The fourth-order valence-corrected chi connectivity index (χ4v) is 1.84. The molecule has 0 amide bonds. The summed E-state index contributed by atoms with van der Waals surface area (Å²) in [5, 5.41) is 8.74. The number of nitriles is 1.